The van der Waals surface area contributed by atoms with Crippen molar-refractivity contribution in [3.05, 3.63) is 29.8 Å². The van der Waals surface area contributed by atoms with Gasteiger partial charge in [-0.15, -0.1) is 10.2 Å². The summed E-state index contributed by atoms with van der Waals surface area (Å²) >= 11 is 1.26. The van der Waals surface area contributed by atoms with Gasteiger partial charge >= 0.3 is 0 Å². The first-order valence-electron chi connectivity index (χ1n) is 6.51. The van der Waals surface area contributed by atoms with Crippen LogP contribution in [0.3, 0.4) is 0 Å². The lowest BCUT2D eigenvalue weighted by Gasteiger charge is -2.02. The molecule has 0 radical (unpaired) electrons. The molecule has 21 heavy (non-hydrogen) atoms. The minimum absolute atomic E-state index is 0.00730. The van der Waals surface area contributed by atoms with Crippen molar-refractivity contribution in [2.24, 2.45) is 0 Å². The van der Waals surface area contributed by atoms with Crippen molar-refractivity contribution >= 4 is 16.3 Å². The van der Waals surface area contributed by atoms with Gasteiger partial charge in [-0.2, -0.15) is 9.61 Å². The van der Waals surface area contributed by atoms with E-state index in [2.05, 4.69) is 15.3 Å². The highest BCUT2D eigenvalue weighted by Gasteiger charge is 2.25. The number of nitrogens with zero attached hydrogens (tertiary/aromatic N) is 4. The Morgan fingerprint density at radius 1 is 1.38 bits per heavy atom. The SMILES string of the molecule is Oc1ccc(F)cc1-c1nn2c(C3CCOC3)nnc2s1. The van der Waals surface area contributed by atoms with Crippen molar-refractivity contribution < 1.29 is 14.2 Å². The summed E-state index contributed by atoms with van der Waals surface area (Å²) in [7, 11) is 0. The van der Waals surface area contributed by atoms with Gasteiger partial charge in [-0.05, 0) is 24.6 Å². The normalized spacial score (nSPS) is 18.6. The van der Waals surface area contributed by atoms with Gasteiger partial charge in [-0.1, -0.05) is 11.3 Å². The van der Waals surface area contributed by atoms with Crippen molar-refractivity contribution in [3.63, 3.8) is 0 Å². The molecular weight excluding hydrogens is 295 g/mol. The summed E-state index contributed by atoms with van der Waals surface area (Å²) in [6.45, 7) is 1.32. The standard InChI is InChI=1S/C13H11FN4O2S/c14-8-1-2-10(19)9(5-8)12-17-18-11(7-3-4-20-6-7)15-16-13(18)21-12/h1-2,5,7,19H,3-4,6H2. The van der Waals surface area contributed by atoms with E-state index in [0.29, 0.717) is 28.7 Å². The Labute approximate surface area is 122 Å². The smallest absolute Gasteiger partial charge is 0.234 e. The highest BCUT2D eigenvalue weighted by atomic mass is 32.1. The average Bonchev–Trinajstić information content (AvgIpc) is 3.15. The Balaban J connectivity index is 1.82. The molecule has 1 unspecified atom stereocenters. The van der Waals surface area contributed by atoms with Crippen molar-refractivity contribution in [3.8, 4) is 16.3 Å². The van der Waals surface area contributed by atoms with Crippen LogP contribution in [0.25, 0.3) is 15.5 Å². The predicted molar refractivity (Wildman–Crippen MR) is 73.9 cm³/mol. The molecule has 8 heteroatoms. The van der Waals surface area contributed by atoms with Crippen molar-refractivity contribution in [2.75, 3.05) is 13.2 Å². The number of aromatic hydroxyl groups is 1. The molecule has 3 heterocycles. The molecule has 2 aromatic heterocycles. The second-order valence-corrected chi connectivity index (χ2v) is 5.84. The van der Waals surface area contributed by atoms with Gasteiger partial charge in [-0.25, -0.2) is 4.39 Å². The van der Waals surface area contributed by atoms with Crippen LogP contribution in [0.2, 0.25) is 0 Å². The van der Waals surface area contributed by atoms with Crippen LogP contribution in [0.4, 0.5) is 4.39 Å². The third-order valence-electron chi connectivity index (χ3n) is 3.50. The maximum Gasteiger partial charge on any atom is 0.234 e. The summed E-state index contributed by atoms with van der Waals surface area (Å²) in [5, 5.41) is 23.1. The van der Waals surface area contributed by atoms with Crippen LogP contribution >= 0.6 is 11.3 Å². The molecule has 1 aliphatic rings. The van der Waals surface area contributed by atoms with Gasteiger partial charge in [0.25, 0.3) is 0 Å². The van der Waals surface area contributed by atoms with Crippen molar-refractivity contribution in [1.82, 2.24) is 19.8 Å². The lowest BCUT2D eigenvalue weighted by molar-refractivity contribution is 0.193. The number of phenols is 1. The highest BCUT2D eigenvalue weighted by Crippen LogP contribution is 2.34. The fourth-order valence-corrected chi connectivity index (χ4v) is 3.28. The van der Waals surface area contributed by atoms with Gasteiger partial charge in [0.2, 0.25) is 4.96 Å². The highest BCUT2D eigenvalue weighted by molar-refractivity contribution is 7.19. The number of hydrogen-bond donors (Lipinski definition) is 1. The van der Waals surface area contributed by atoms with Gasteiger partial charge < -0.3 is 9.84 Å². The molecular formula is C13H11FN4O2S. The Morgan fingerprint density at radius 3 is 3.10 bits per heavy atom. The molecule has 0 saturated carbocycles. The molecule has 0 amide bonds. The molecule has 4 rings (SSSR count). The lowest BCUT2D eigenvalue weighted by Crippen LogP contribution is -2.04. The van der Waals surface area contributed by atoms with E-state index in [1.807, 2.05) is 0 Å². The molecule has 108 valence electrons. The summed E-state index contributed by atoms with van der Waals surface area (Å²) < 4.78 is 20.4. The van der Waals surface area contributed by atoms with Crippen LogP contribution in [0.5, 0.6) is 5.75 Å². The maximum atomic E-state index is 13.4. The van der Waals surface area contributed by atoms with E-state index in [4.69, 9.17) is 4.74 Å². The zero-order chi connectivity index (χ0) is 14.4. The van der Waals surface area contributed by atoms with Crippen LogP contribution in [0, 0.1) is 5.82 Å². The number of ether oxygens (including phenoxy) is 1. The van der Waals surface area contributed by atoms with Crippen molar-refractivity contribution in [1.29, 1.82) is 0 Å². The second-order valence-electron chi connectivity index (χ2n) is 4.88. The zero-order valence-corrected chi connectivity index (χ0v) is 11.7. The van der Waals surface area contributed by atoms with Crippen LogP contribution in [0.15, 0.2) is 18.2 Å². The molecule has 1 N–H and O–H groups in total. The number of hydrogen-bond acceptors (Lipinski definition) is 6. The van der Waals surface area contributed by atoms with Crippen LogP contribution in [-0.4, -0.2) is 38.1 Å². The first-order chi connectivity index (χ1) is 10.2. The summed E-state index contributed by atoms with van der Waals surface area (Å²) in [4.78, 5) is 0.621. The largest absolute Gasteiger partial charge is 0.507 e. The molecule has 1 atom stereocenters. The average molecular weight is 306 g/mol. The third kappa shape index (κ3) is 2.07. The lowest BCUT2D eigenvalue weighted by atomic mass is 10.1. The Bertz CT molecular complexity index is 810. The van der Waals surface area contributed by atoms with Gasteiger partial charge in [0.1, 0.15) is 11.6 Å². The van der Waals surface area contributed by atoms with Crippen LogP contribution < -0.4 is 0 Å². The number of benzene rings is 1. The van der Waals surface area contributed by atoms with Crippen molar-refractivity contribution in [2.45, 2.75) is 12.3 Å². The summed E-state index contributed by atoms with van der Waals surface area (Å²) in [5.41, 5.74) is 0.360. The molecule has 0 aliphatic carbocycles. The molecule has 0 bridgehead atoms. The number of aromatic nitrogens is 4. The first-order valence-corrected chi connectivity index (χ1v) is 7.33. The van der Waals surface area contributed by atoms with E-state index >= 15 is 0 Å². The Kier molecular flexibility index (Phi) is 2.86. The number of fused-ring (bicyclic) bond motifs is 1. The first kappa shape index (κ1) is 12.7. The van der Waals surface area contributed by atoms with Crippen LogP contribution in [0.1, 0.15) is 18.2 Å². The molecule has 6 nitrogen and oxygen atoms in total. The molecule has 1 aromatic carbocycles. The van der Waals surface area contributed by atoms with Crippen LogP contribution in [-0.2, 0) is 4.74 Å². The molecule has 1 aliphatic heterocycles. The van der Waals surface area contributed by atoms with Gasteiger partial charge in [0.05, 0.1) is 12.2 Å². The quantitative estimate of drug-likeness (QED) is 0.786. The molecule has 1 fully saturated rings. The topological polar surface area (TPSA) is 72.5 Å². The number of halogens is 1. The Morgan fingerprint density at radius 2 is 2.29 bits per heavy atom. The summed E-state index contributed by atoms with van der Waals surface area (Å²) in [6, 6.07) is 3.79. The minimum atomic E-state index is -0.418. The van der Waals surface area contributed by atoms with E-state index < -0.39 is 5.82 Å². The fraction of sp³-hybridized carbons (Fsp3) is 0.308. The van der Waals surface area contributed by atoms with Gasteiger partial charge in [0, 0.05) is 12.5 Å². The maximum absolute atomic E-state index is 13.4. The van der Waals surface area contributed by atoms with E-state index in [9.17, 15) is 9.50 Å². The fourth-order valence-electron chi connectivity index (χ4n) is 2.41. The number of rotatable bonds is 2. The van der Waals surface area contributed by atoms with E-state index in [0.717, 1.165) is 12.2 Å². The van der Waals surface area contributed by atoms with Gasteiger partial charge in [0.15, 0.2) is 10.8 Å². The third-order valence-corrected chi connectivity index (χ3v) is 4.43. The molecule has 3 aromatic rings. The zero-order valence-electron chi connectivity index (χ0n) is 10.9. The monoisotopic (exact) mass is 306 g/mol. The van der Waals surface area contributed by atoms with E-state index in [1.54, 1.807) is 4.52 Å². The summed E-state index contributed by atoms with van der Waals surface area (Å²) in [5.74, 6) is 0.502. The predicted octanol–water partition coefficient (Wildman–Crippen LogP) is 2.20. The minimum Gasteiger partial charge on any atom is -0.507 e. The number of phenolic OH excluding ortho intramolecular Hbond substituents is 1. The summed E-state index contributed by atoms with van der Waals surface area (Å²) in [6.07, 6.45) is 0.888. The Hall–Kier alpha value is -2.06. The van der Waals surface area contributed by atoms with Gasteiger partial charge in [-0.3, -0.25) is 0 Å². The second kappa shape index (κ2) is 4.74. The molecule has 0 spiro atoms. The molecule has 1 saturated heterocycles. The van der Waals surface area contributed by atoms with E-state index in [-0.39, 0.29) is 11.7 Å². The van der Waals surface area contributed by atoms with E-state index in [1.165, 1.54) is 29.5 Å².